The number of fused-ring (bicyclic) bond motifs is 1. The maximum Gasteiger partial charge on any atom is 0.318 e. The first-order valence-corrected chi connectivity index (χ1v) is 8.60. The molecule has 0 atom stereocenters. The summed E-state index contributed by atoms with van der Waals surface area (Å²) in [7, 11) is 1.50. The molecule has 3 heterocycles. The van der Waals surface area contributed by atoms with E-state index < -0.39 is 0 Å². The number of carbonyl (C=O) groups excluding carboxylic acids is 1. The van der Waals surface area contributed by atoms with Gasteiger partial charge >= 0.3 is 6.01 Å². The van der Waals surface area contributed by atoms with E-state index in [1.165, 1.54) is 7.11 Å². The standard InChI is InChI=1S/C19H19N5O3/c1-13-11-20-19(26-2)21-17(13)23-8-9-24-16(18(23)25)10-14(22-24)12-27-15-6-4-3-5-7-15/h3-7,10-11H,8-9,12H2,1-2H3. The molecule has 2 aromatic heterocycles. The second kappa shape index (κ2) is 7.06. The summed E-state index contributed by atoms with van der Waals surface area (Å²) in [5.41, 5.74) is 2.04. The van der Waals surface area contributed by atoms with Gasteiger partial charge in [0.15, 0.2) is 0 Å². The van der Waals surface area contributed by atoms with Crippen LogP contribution in [0.3, 0.4) is 0 Å². The van der Waals surface area contributed by atoms with Crippen LogP contribution in [0.2, 0.25) is 0 Å². The van der Waals surface area contributed by atoms with Crippen LogP contribution in [0, 0.1) is 6.92 Å². The van der Waals surface area contributed by atoms with Crippen LogP contribution in [0.4, 0.5) is 5.82 Å². The van der Waals surface area contributed by atoms with Gasteiger partial charge in [0.05, 0.1) is 13.7 Å². The van der Waals surface area contributed by atoms with E-state index in [4.69, 9.17) is 9.47 Å². The molecule has 0 N–H and O–H groups in total. The highest BCUT2D eigenvalue weighted by Gasteiger charge is 2.29. The number of ether oxygens (including phenoxy) is 2. The van der Waals surface area contributed by atoms with E-state index in [9.17, 15) is 4.79 Å². The van der Waals surface area contributed by atoms with Gasteiger partial charge in [-0.15, -0.1) is 0 Å². The Kier molecular flexibility index (Phi) is 4.45. The van der Waals surface area contributed by atoms with Gasteiger partial charge in [0, 0.05) is 18.3 Å². The maximum absolute atomic E-state index is 13.0. The highest BCUT2D eigenvalue weighted by Crippen LogP contribution is 2.24. The van der Waals surface area contributed by atoms with Gasteiger partial charge < -0.3 is 9.47 Å². The predicted molar refractivity (Wildman–Crippen MR) is 98.0 cm³/mol. The lowest BCUT2D eigenvalue weighted by Gasteiger charge is -2.27. The molecule has 0 fully saturated rings. The summed E-state index contributed by atoms with van der Waals surface area (Å²) in [6.07, 6.45) is 1.65. The Bertz CT molecular complexity index is 971. The van der Waals surface area contributed by atoms with Gasteiger partial charge in [-0.2, -0.15) is 10.1 Å². The summed E-state index contributed by atoms with van der Waals surface area (Å²) in [4.78, 5) is 23.0. The van der Waals surface area contributed by atoms with Crippen LogP contribution in [0.1, 0.15) is 21.7 Å². The van der Waals surface area contributed by atoms with Gasteiger partial charge in [-0.1, -0.05) is 18.2 Å². The number of hydrogen-bond acceptors (Lipinski definition) is 6. The number of carbonyl (C=O) groups is 1. The first kappa shape index (κ1) is 17.0. The quantitative estimate of drug-likeness (QED) is 0.690. The van der Waals surface area contributed by atoms with E-state index in [0.29, 0.717) is 36.9 Å². The molecule has 4 rings (SSSR count). The molecule has 8 heteroatoms. The van der Waals surface area contributed by atoms with E-state index in [1.807, 2.05) is 37.3 Å². The zero-order chi connectivity index (χ0) is 18.8. The number of benzene rings is 1. The highest BCUT2D eigenvalue weighted by molar-refractivity contribution is 6.05. The minimum absolute atomic E-state index is 0.149. The molecule has 27 heavy (non-hydrogen) atoms. The zero-order valence-electron chi connectivity index (χ0n) is 15.1. The Morgan fingerprint density at radius 2 is 2.00 bits per heavy atom. The van der Waals surface area contributed by atoms with Gasteiger partial charge in [-0.3, -0.25) is 14.4 Å². The molecule has 0 saturated heterocycles. The van der Waals surface area contributed by atoms with Crippen molar-refractivity contribution in [1.29, 1.82) is 0 Å². The Morgan fingerprint density at radius 1 is 1.19 bits per heavy atom. The number of methoxy groups -OCH3 is 1. The normalized spacial score (nSPS) is 13.4. The SMILES string of the molecule is COc1ncc(C)c(N2CCn3nc(COc4ccccc4)cc3C2=O)n1. The average Bonchev–Trinajstić information content (AvgIpc) is 3.12. The highest BCUT2D eigenvalue weighted by atomic mass is 16.5. The second-order valence-corrected chi connectivity index (χ2v) is 6.17. The average molecular weight is 365 g/mol. The summed E-state index contributed by atoms with van der Waals surface area (Å²) < 4.78 is 12.5. The van der Waals surface area contributed by atoms with Crippen molar-refractivity contribution in [3.8, 4) is 11.8 Å². The molecular formula is C19H19N5O3. The topological polar surface area (TPSA) is 82.4 Å². The minimum Gasteiger partial charge on any atom is -0.487 e. The Balaban J connectivity index is 1.55. The number of amides is 1. The van der Waals surface area contributed by atoms with Crippen LogP contribution < -0.4 is 14.4 Å². The summed E-state index contributed by atoms with van der Waals surface area (Å²) in [6.45, 7) is 3.23. The fraction of sp³-hybridized carbons (Fsp3) is 0.263. The lowest BCUT2D eigenvalue weighted by Crippen LogP contribution is -2.41. The third-order valence-electron chi connectivity index (χ3n) is 4.32. The van der Waals surface area contributed by atoms with E-state index in [1.54, 1.807) is 21.8 Å². The molecule has 1 aromatic carbocycles. The molecule has 1 aliphatic heterocycles. The van der Waals surface area contributed by atoms with Gasteiger partial charge in [0.25, 0.3) is 5.91 Å². The summed E-state index contributed by atoms with van der Waals surface area (Å²) in [5, 5.41) is 4.49. The number of para-hydroxylation sites is 1. The van der Waals surface area contributed by atoms with E-state index in [0.717, 1.165) is 11.3 Å². The maximum atomic E-state index is 13.0. The number of anilines is 1. The fourth-order valence-electron chi connectivity index (χ4n) is 2.98. The largest absolute Gasteiger partial charge is 0.487 e. The molecule has 0 aliphatic carbocycles. The van der Waals surface area contributed by atoms with E-state index in [2.05, 4.69) is 15.1 Å². The van der Waals surface area contributed by atoms with Gasteiger partial charge in [0.2, 0.25) is 0 Å². The van der Waals surface area contributed by atoms with Crippen molar-refractivity contribution in [1.82, 2.24) is 19.7 Å². The summed E-state index contributed by atoms with van der Waals surface area (Å²) in [5.74, 6) is 1.17. The molecule has 3 aromatic rings. The molecule has 0 spiro atoms. The second-order valence-electron chi connectivity index (χ2n) is 6.17. The van der Waals surface area contributed by atoms with Crippen molar-refractivity contribution >= 4 is 11.7 Å². The number of aryl methyl sites for hydroxylation is 1. The van der Waals surface area contributed by atoms with Gasteiger partial charge in [0.1, 0.15) is 29.6 Å². The smallest absolute Gasteiger partial charge is 0.318 e. The van der Waals surface area contributed by atoms with Crippen LogP contribution in [0.15, 0.2) is 42.6 Å². The molecule has 138 valence electrons. The lowest BCUT2D eigenvalue weighted by atomic mass is 10.2. The third-order valence-corrected chi connectivity index (χ3v) is 4.32. The molecule has 8 nitrogen and oxygen atoms in total. The van der Waals surface area contributed by atoms with Gasteiger partial charge in [-0.25, -0.2) is 4.98 Å². The van der Waals surface area contributed by atoms with Crippen molar-refractivity contribution in [3.63, 3.8) is 0 Å². The van der Waals surface area contributed by atoms with Crippen LogP contribution >= 0.6 is 0 Å². The first-order chi connectivity index (χ1) is 13.2. The van der Waals surface area contributed by atoms with Crippen molar-refractivity contribution in [2.45, 2.75) is 20.1 Å². The summed E-state index contributed by atoms with van der Waals surface area (Å²) in [6, 6.07) is 11.5. The zero-order valence-corrected chi connectivity index (χ0v) is 15.1. The minimum atomic E-state index is -0.149. The molecular weight excluding hydrogens is 346 g/mol. The lowest BCUT2D eigenvalue weighted by molar-refractivity contribution is 0.0961. The van der Waals surface area contributed by atoms with Crippen LogP contribution in [-0.4, -0.2) is 39.3 Å². The van der Waals surface area contributed by atoms with Crippen LogP contribution in [0.5, 0.6) is 11.8 Å². The Morgan fingerprint density at radius 3 is 2.78 bits per heavy atom. The predicted octanol–water partition coefficient (Wildman–Crippen LogP) is 2.23. The Labute approximate surface area is 156 Å². The molecule has 1 aliphatic rings. The van der Waals surface area contributed by atoms with Crippen molar-refractivity contribution in [3.05, 3.63) is 59.5 Å². The van der Waals surface area contributed by atoms with Crippen molar-refractivity contribution in [2.24, 2.45) is 0 Å². The number of rotatable bonds is 5. The third kappa shape index (κ3) is 3.33. The molecule has 0 bridgehead atoms. The number of hydrogen-bond donors (Lipinski definition) is 0. The monoisotopic (exact) mass is 365 g/mol. The van der Waals surface area contributed by atoms with E-state index >= 15 is 0 Å². The number of nitrogens with zero attached hydrogens (tertiary/aromatic N) is 5. The first-order valence-electron chi connectivity index (χ1n) is 8.60. The Hall–Kier alpha value is -3.42. The van der Waals surface area contributed by atoms with Gasteiger partial charge in [-0.05, 0) is 25.1 Å². The molecule has 0 unspecified atom stereocenters. The number of aromatic nitrogens is 4. The molecule has 1 amide bonds. The molecule has 0 radical (unpaired) electrons. The van der Waals surface area contributed by atoms with Crippen LogP contribution in [0.25, 0.3) is 0 Å². The fourth-order valence-corrected chi connectivity index (χ4v) is 2.98. The van der Waals surface area contributed by atoms with Crippen LogP contribution in [-0.2, 0) is 13.2 Å². The summed E-state index contributed by atoms with van der Waals surface area (Å²) >= 11 is 0. The molecule has 0 saturated carbocycles. The van der Waals surface area contributed by atoms with Crippen molar-refractivity contribution in [2.75, 3.05) is 18.6 Å². The van der Waals surface area contributed by atoms with Crippen molar-refractivity contribution < 1.29 is 14.3 Å². The van der Waals surface area contributed by atoms with E-state index in [-0.39, 0.29) is 11.9 Å².